The molecule has 0 aliphatic carbocycles. The highest BCUT2D eigenvalue weighted by atomic mass is 16.3. The van der Waals surface area contributed by atoms with E-state index in [4.69, 9.17) is 5.11 Å². The lowest BCUT2D eigenvalue weighted by Crippen LogP contribution is -1.98. The molecule has 0 aromatic rings. The molecule has 0 amide bonds. The van der Waals surface area contributed by atoms with Gasteiger partial charge in [-0.1, -0.05) is 84.0 Å². The van der Waals surface area contributed by atoms with Crippen molar-refractivity contribution in [2.75, 3.05) is 0 Å². The predicted octanol–water partition coefficient (Wildman–Crippen LogP) is 5.62. The molecule has 0 saturated carbocycles. The van der Waals surface area contributed by atoms with Crippen molar-refractivity contribution >= 4 is 0 Å². The van der Waals surface area contributed by atoms with E-state index in [1.54, 1.807) is 0 Å². The number of aliphatic hydroxyl groups excluding tert-OH is 1. The lowest BCUT2D eigenvalue weighted by atomic mass is 10.0. The summed E-state index contributed by atoms with van der Waals surface area (Å²) in [6.45, 7) is 4.16. The molecule has 18 heavy (non-hydrogen) atoms. The fraction of sp³-hybridized carbons (Fsp3) is 1.00. The molecule has 0 aromatic heterocycles. The van der Waals surface area contributed by atoms with Crippen molar-refractivity contribution in [3.05, 3.63) is 0 Å². The number of unbranched alkanes of at least 4 members (excludes halogenated alkanes) is 11. The predicted molar refractivity (Wildman–Crippen MR) is 82.4 cm³/mol. The highest BCUT2D eigenvalue weighted by molar-refractivity contribution is 4.50. The van der Waals surface area contributed by atoms with Crippen molar-refractivity contribution in [1.82, 2.24) is 6.15 Å². The van der Waals surface area contributed by atoms with E-state index in [0.717, 1.165) is 6.42 Å². The summed E-state index contributed by atoms with van der Waals surface area (Å²) in [6.07, 6.45) is 17.6. The van der Waals surface area contributed by atoms with Gasteiger partial charge in [-0.3, -0.25) is 0 Å². The molecule has 0 bridgehead atoms. The minimum atomic E-state index is -0.0990. The molecular weight excluding hydrogens is 222 g/mol. The molecule has 0 radical (unpaired) electrons. The van der Waals surface area contributed by atoms with Gasteiger partial charge in [-0.2, -0.15) is 0 Å². The molecule has 1 atom stereocenters. The summed E-state index contributed by atoms with van der Waals surface area (Å²) >= 11 is 0. The Morgan fingerprint density at radius 1 is 0.667 bits per heavy atom. The molecule has 0 rings (SSSR count). The van der Waals surface area contributed by atoms with E-state index in [-0.39, 0.29) is 12.3 Å². The normalized spacial score (nSPS) is 12.2. The van der Waals surface area contributed by atoms with Crippen LogP contribution >= 0.6 is 0 Å². The molecule has 0 saturated heterocycles. The summed E-state index contributed by atoms with van der Waals surface area (Å²) in [5.74, 6) is 0. The summed E-state index contributed by atoms with van der Waals surface area (Å²) in [7, 11) is 0. The topological polar surface area (TPSA) is 55.2 Å². The number of rotatable bonds is 13. The van der Waals surface area contributed by atoms with Gasteiger partial charge in [-0.15, -0.1) is 0 Å². The van der Waals surface area contributed by atoms with Gasteiger partial charge in [0.15, 0.2) is 0 Å². The van der Waals surface area contributed by atoms with E-state index in [2.05, 4.69) is 6.92 Å². The van der Waals surface area contributed by atoms with Gasteiger partial charge in [-0.05, 0) is 13.3 Å². The van der Waals surface area contributed by atoms with Crippen molar-refractivity contribution < 1.29 is 5.11 Å². The van der Waals surface area contributed by atoms with Crippen LogP contribution in [-0.2, 0) is 0 Å². The first-order chi connectivity index (χ1) is 8.27. The van der Waals surface area contributed by atoms with Crippen LogP contribution in [0.3, 0.4) is 0 Å². The molecule has 2 nitrogen and oxygen atoms in total. The van der Waals surface area contributed by atoms with Crippen molar-refractivity contribution in [3.63, 3.8) is 0 Å². The molecule has 0 spiro atoms. The zero-order chi connectivity index (χ0) is 12.8. The van der Waals surface area contributed by atoms with Gasteiger partial charge >= 0.3 is 0 Å². The summed E-state index contributed by atoms with van der Waals surface area (Å²) in [5.41, 5.74) is 0. The second-order valence-corrected chi connectivity index (χ2v) is 5.53. The van der Waals surface area contributed by atoms with Crippen LogP contribution in [0, 0.1) is 0 Å². The third kappa shape index (κ3) is 18.3. The van der Waals surface area contributed by atoms with Crippen molar-refractivity contribution in [2.45, 2.75) is 103 Å². The minimum Gasteiger partial charge on any atom is -0.393 e. The zero-order valence-corrected chi connectivity index (χ0v) is 12.9. The van der Waals surface area contributed by atoms with E-state index >= 15 is 0 Å². The molecule has 0 aliphatic heterocycles. The second kappa shape index (κ2) is 16.9. The molecule has 0 aromatic carbocycles. The Labute approximate surface area is 115 Å². The summed E-state index contributed by atoms with van der Waals surface area (Å²) < 4.78 is 0. The second-order valence-electron chi connectivity index (χ2n) is 5.53. The number of hydrogen-bond donors (Lipinski definition) is 2. The Bertz CT molecular complexity index is 137. The maximum absolute atomic E-state index is 9.11. The quantitative estimate of drug-likeness (QED) is 0.422. The Kier molecular flexibility index (Phi) is 19.0. The van der Waals surface area contributed by atoms with Gasteiger partial charge in [0.2, 0.25) is 0 Å². The van der Waals surface area contributed by atoms with E-state index in [1.807, 2.05) is 6.92 Å². The third-order valence-electron chi connectivity index (χ3n) is 3.48. The number of hydrogen-bond acceptors (Lipinski definition) is 2. The maximum atomic E-state index is 9.11. The molecule has 4 N–H and O–H groups in total. The van der Waals surface area contributed by atoms with Gasteiger partial charge < -0.3 is 11.3 Å². The number of aliphatic hydroxyl groups is 1. The first kappa shape index (κ1) is 20.2. The smallest absolute Gasteiger partial charge is 0.0512 e. The van der Waals surface area contributed by atoms with Crippen LogP contribution in [0.25, 0.3) is 0 Å². The van der Waals surface area contributed by atoms with Crippen LogP contribution in [0.15, 0.2) is 0 Å². The summed E-state index contributed by atoms with van der Waals surface area (Å²) in [6, 6.07) is 0. The Morgan fingerprint density at radius 3 is 1.33 bits per heavy atom. The van der Waals surface area contributed by atoms with Crippen LogP contribution < -0.4 is 6.15 Å². The lowest BCUT2D eigenvalue weighted by molar-refractivity contribution is 0.180. The molecule has 112 valence electrons. The van der Waals surface area contributed by atoms with Gasteiger partial charge in [0, 0.05) is 0 Å². The van der Waals surface area contributed by atoms with Crippen molar-refractivity contribution in [1.29, 1.82) is 0 Å². The fourth-order valence-corrected chi connectivity index (χ4v) is 2.28. The first-order valence-corrected chi connectivity index (χ1v) is 7.95. The van der Waals surface area contributed by atoms with Gasteiger partial charge in [-0.25, -0.2) is 0 Å². The summed E-state index contributed by atoms with van der Waals surface area (Å²) in [5, 5.41) is 9.11. The fourth-order valence-electron chi connectivity index (χ4n) is 2.28. The third-order valence-corrected chi connectivity index (χ3v) is 3.48. The van der Waals surface area contributed by atoms with E-state index in [9.17, 15) is 0 Å². The van der Waals surface area contributed by atoms with Gasteiger partial charge in [0.1, 0.15) is 0 Å². The highest BCUT2D eigenvalue weighted by Crippen LogP contribution is 2.12. The Balaban J connectivity index is 0. The van der Waals surface area contributed by atoms with Crippen molar-refractivity contribution in [2.24, 2.45) is 0 Å². The molecular formula is C16H37NO. The van der Waals surface area contributed by atoms with Crippen LogP contribution in [0.4, 0.5) is 0 Å². The molecule has 1 unspecified atom stereocenters. The highest BCUT2D eigenvalue weighted by Gasteiger charge is 1.96. The molecule has 0 aliphatic rings. The monoisotopic (exact) mass is 259 g/mol. The van der Waals surface area contributed by atoms with Gasteiger partial charge in [0.25, 0.3) is 0 Å². The summed E-state index contributed by atoms with van der Waals surface area (Å²) in [4.78, 5) is 0. The SMILES string of the molecule is CCCCCCCCCCCCCCC(C)O.N. The minimum absolute atomic E-state index is 0. The lowest BCUT2D eigenvalue weighted by Gasteiger charge is -2.04. The van der Waals surface area contributed by atoms with Gasteiger partial charge in [0.05, 0.1) is 6.10 Å². The molecule has 0 heterocycles. The van der Waals surface area contributed by atoms with Crippen LogP contribution in [-0.4, -0.2) is 11.2 Å². The van der Waals surface area contributed by atoms with Crippen molar-refractivity contribution in [3.8, 4) is 0 Å². The van der Waals surface area contributed by atoms with Crippen LogP contribution in [0.2, 0.25) is 0 Å². The van der Waals surface area contributed by atoms with E-state index in [0.29, 0.717) is 0 Å². The largest absolute Gasteiger partial charge is 0.393 e. The standard InChI is InChI=1S/C16H34O.H3N/c1-3-4-5-6-7-8-9-10-11-12-13-14-15-16(2)17;/h16-17H,3-15H2,1-2H3;1H3. The maximum Gasteiger partial charge on any atom is 0.0512 e. The average Bonchev–Trinajstić information content (AvgIpc) is 2.30. The van der Waals surface area contributed by atoms with Crippen LogP contribution in [0.5, 0.6) is 0 Å². The molecule has 2 heteroatoms. The Hall–Kier alpha value is -0.0800. The molecule has 0 fully saturated rings. The van der Waals surface area contributed by atoms with E-state index in [1.165, 1.54) is 77.0 Å². The average molecular weight is 259 g/mol. The zero-order valence-electron chi connectivity index (χ0n) is 12.9. The van der Waals surface area contributed by atoms with Crippen LogP contribution in [0.1, 0.15) is 97.3 Å². The first-order valence-electron chi connectivity index (χ1n) is 7.95. The van der Waals surface area contributed by atoms with E-state index < -0.39 is 0 Å². The Morgan fingerprint density at radius 2 is 1.00 bits per heavy atom.